The molecule has 0 bridgehead atoms. The molecular formula is C8H12O2. The molecule has 2 heteroatoms. The minimum absolute atomic E-state index is 0.784. The minimum atomic E-state index is -0.828. The summed E-state index contributed by atoms with van der Waals surface area (Å²) in [6.07, 6.45) is 4.79. The molecule has 0 rings (SSSR count). The molecule has 0 fully saturated rings. The second-order valence-electron chi connectivity index (χ2n) is 2.62. The van der Waals surface area contributed by atoms with Gasteiger partial charge in [0.15, 0.2) is 0 Å². The van der Waals surface area contributed by atoms with Gasteiger partial charge in [-0.05, 0) is 13.8 Å². The van der Waals surface area contributed by atoms with Crippen molar-refractivity contribution in [1.82, 2.24) is 0 Å². The molecule has 0 aliphatic carbocycles. The van der Waals surface area contributed by atoms with Crippen molar-refractivity contribution in [1.29, 1.82) is 0 Å². The van der Waals surface area contributed by atoms with Gasteiger partial charge in [-0.1, -0.05) is 24.8 Å². The predicted octanol–water partition coefficient (Wildman–Crippen LogP) is 1.84. The van der Waals surface area contributed by atoms with Crippen molar-refractivity contribution >= 4 is 5.97 Å². The van der Waals surface area contributed by atoms with E-state index in [9.17, 15) is 4.79 Å². The number of hydrogen-bond acceptors (Lipinski definition) is 1. The van der Waals surface area contributed by atoms with E-state index in [0.29, 0.717) is 0 Å². The van der Waals surface area contributed by atoms with Crippen molar-refractivity contribution in [3.05, 3.63) is 24.8 Å². The average Bonchev–Trinajstić information content (AvgIpc) is 1.84. The van der Waals surface area contributed by atoms with Gasteiger partial charge in [-0.25, -0.2) is 0 Å². The number of carboxylic acid groups (broad SMARTS) is 1. The lowest BCUT2D eigenvalue weighted by Crippen LogP contribution is -2.20. The third-order valence-corrected chi connectivity index (χ3v) is 1.20. The van der Waals surface area contributed by atoms with Crippen LogP contribution in [0.15, 0.2) is 24.8 Å². The van der Waals surface area contributed by atoms with Gasteiger partial charge in [-0.2, -0.15) is 0 Å². The third-order valence-electron chi connectivity index (χ3n) is 1.20. The molecule has 0 aromatic heterocycles. The van der Waals surface area contributed by atoms with Crippen LogP contribution in [0.3, 0.4) is 0 Å². The smallest absolute Gasteiger partial charge is 0.312 e. The molecule has 0 radical (unpaired) electrons. The molecule has 0 aliphatic heterocycles. The first-order valence-electron chi connectivity index (χ1n) is 3.04. The Morgan fingerprint density at radius 2 is 2.10 bits per heavy atom. The fraction of sp³-hybridized carbons (Fsp3) is 0.375. The third kappa shape index (κ3) is 2.49. The van der Waals surface area contributed by atoms with Crippen molar-refractivity contribution in [2.24, 2.45) is 5.41 Å². The highest BCUT2D eigenvalue weighted by Gasteiger charge is 2.22. The molecule has 1 N–H and O–H groups in total. The van der Waals surface area contributed by atoms with Crippen molar-refractivity contribution in [2.75, 3.05) is 0 Å². The molecule has 0 saturated carbocycles. The summed E-state index contributed by atoms with van der Waals surface area (Å²) in [5.41, 5.74) is -0.784. The lowest BCUT2D eigenvalue weighted by Gasteiger charge is -2.11. The molecule has 10 heavy (non-hydrogen) atoms. The van der Waals surface area contributed by atoms with Crippen LogP contribution in [0.2, 0.25) is 0 Å². The Balaban J connectivity index is 4.25. The SMILES string of the molecule is C=CC=CC(C)(C)C(=O)O. The zero-order chi connectivity index (χ0) is 8.20. The predicted molar refractivity (Wildman–Crippen MR) is 40.8 cm³/mol. The maximum Gasteiger partial charge on any atom is 0.312 e. The number of carbonyl (C=O) groups is 1. The van der Waals surface area contributed by atoms with Gasteiger partial charge in [0, 0.05) is 0 Å². The van der Waals surface area contributed by atoms with E-state index in [2.05, 4.69) is 6.58 Å². The molecule has 0 amide bonds. The molecule has 56 valence electrons. The van der Waals surface area contributed by atoms with Crippen molar-refractivity contribution in [3.8, 4) is 0 Å². The summed E-state index contributed by atoms with van der Waals surface area (Å²) in [5, 5.41) is 8.58. The zero-order valence-corrected chi connectivity index (χ0v) is 6.29. The van der Waals surface area contributed by atoms with E-state index in [0.717, 1.165) is 0 Å². The van der Waals surface area contributed by atoms with Gasteiger partial charge >= 0.3 is 5.97 Å². The molecule has 0 unspecified atom stereocenters. The summed E-state index contributed by atoms with van der Waals surface area (Å²) in [7, 11) is 0. The van der Waals surface area contributed by atoms with Crippen LogP contribution in [0, 0.1) is 5.41 Å². The fourth-order valence-electron chi connectivity index (χ4n) is 0.380. The van der Waals surface area contributed by atoms with Crippen LogP contribution >= 0.6 is 0 Å². The highest BCUT2D eigenvalue weighted by atomic mass is 16.4. The summed E-state index contributed by atoms with van der Waals surface area (Å²) in [6.45, 7) is 6.71. The standard InChI is InChI=1S/C8H12O2/c1-4-5-6-8(2,3)7(9)10/h4-6H,1H2,2-3H3,(H,9,10). The molecule has 0 aliphatic rings. The molecule has 2 nitrogen and oxygen atoms in total. The number of rotatable bonds is 3. The summed E-state index contributed by atoms with van der Waals surface area (Å²) in [6, 6.07) is 0. The number of hydrogen-bond donors (Lipinski definition) is 1. The molecular weight excluding hydrogens is 128 g/mol. The quantitative estimate of drug-likeness (QED) is 0.607. The largest absolute Gasteiger partial charge is 0.481 e. The molecule has 0 saturated heterocycles. The monoisotopic (exact) mass is 140 g/mol. The summed E-state index contributed by atoms with van der Waals surface area (Å²) >= 11 is 0. The molecule has 0 aromatic carbocycles. The Labute approximate surface area is 60.9 Å². The first-order valence-corrected chi connectivity index (χ1v) is 3.04. The van der Waals surface area contributed by atoms with Crippen LogP contribution in [-0.4, -0.2) is 11.1 Å². The van der Waals surface area contributed by atoms with Crippen LogP contribution < -0.4 is 0 Å². The van der Waals surface area contributed by atoms with Crippen LogP contribution in [-0.2, 0) is 4.79 Å². The Morgan fingerprint density at radius 3 is 2.40 bits per heavy atom. The van der Waals surface area contributed by atoms with E-state index in [4.69, 9.17) is 5.11 Å². The molecule has 0 aromatic rings. The number of allylic oxidation sites excluding steroid dienone is 2. The summed E-state index contributed by atoms with van der Waals surface area (Å²) < 4.78 is 0. The highest BCUT2D eigenvalue weighted by Crippen LogP contribution is 2.16. The first-order chi connectivity index (χ1) is 4.50. The number of carboxylic acids is 1. The van der Waals surface area contributed by atoms with E-state index in [1.165, 1.54) is 0 Å². The van der Waals surface area contributed by atoms with Gasteiger partial charge in [0.1, 0.15) is 0 Å². The topological polar surface area (TPSA) is 37.3 Å². The van der Waals surface area contributed by atoms with E-state index < -0.39 is 11.4 Å². The second kappa shape index (κ2) is 3.20. The van der Waals surface area contributed by atoms with Crippen molar-refractivity contribution < 1.29 is 9.90 Å². The van der Waals surface area contributed by atoms with Gasteiger partial charge in [0.25, 0.3) is 0 Å². The lowest BCUT2D eigenvalue weighted by molar-refractivity contribution is -0.144. The lowest BCUT2D eigenvalue weighted by atomic mass is 9.93. The van der Waals surface area contributed by atoms with Gasteiger partial charge in [0.05, 0.1) is 5.41 Å². The Bertz CT molecular complexity index is 166. The Kier molecular flexibility index (Phi) is 2.87. The van der Waals surface area contributed by atoms with Gasteiger partial charge < -0.3 is 5.11 Å². The minimum Gasteiger partial charge on any atom is -0.481 e. The second-order valence-corrected chi connectivity index (χ2v) is 2.62. The fourth-order valence-corrected chi connectivity index (χ4v) is 0.380. The van der Waals surface area contributed by atoms with Crippen LogP contribution in [0.25, 0.3) is 0 Å². The van der Waals surface area contributed by atoms with E-state index in [1.54, 1.807) is 32.1 Å². The average molecular weight is 140 g/mol. The van der Waals surface area contributed by atoms with E-state index in [-0.39, 0.29) is 0 Å². The highest BCUT2D eigenvalue weighted by molar-refractivity contribution is 5.75. The Morgan fingerprint density at radius 1 is 1.60 bits per heavy atom. The van der Waals surface area contributed by atoms with E-state index in [1.807, 2.05) is 0 Å². The van der Waals surface area contributed by atoms with Crippen LogP contribution in [0.5, 0.6) is 0 Å². The summed E-state index contributed by atoms with van der Waals surface area (Å²) in [5.74, 6) is -0.828. The van der Waals surface area contributed by atoms with Gasteiger partial charge in [-0.3, -0.25) is 4.79 Å². The zero-order valence-electron chi connectivity index (χ0n) is 6.29. The summed E-state index contributed by atoms with van der Waals surface area (Å²) in [4.78, 5) is 10.4. The van der Waals surface area contributed by atoms with Crippen LogP contribution in [0.4, 0.5) is 0 Å². The first kappa shape index (κ1) is 8.95. The Hall–Kier alpha value is -1.05. The maximum atomic E-state index is 10.4. The van der Waals surface area contributed by atoms with Crippen molar-refractivity contribution in [3.63, 3.8) is 0 Å². The van der Waals surface area contributed by atoms with Crippen molar-refractivity contribution in [2.45, 2.75) is 13.8 Å². The van der Waals surface area contributed by atoms with E-state index >= 15 is 0 Å². The van der Waals surface area contributed by atoms with Crippen LogP contribution in [0.1, 0.15) is 13.8 Å². The molecule has 0 spiro atoms. The normalized spacial score (nSPS) is 11.8. The number of aliphatic carboxylic acids is 1. The van der Waals surface area contributed by atoms with Gasteiger partial charge in [-0.15, -0.1) is 0 Å². The maximum absolute atomic E-state index is 10.4. The molecule has 0 heterocycles. The van der Waals surface area contributed by atoms with Gasteiger partial charge in [0.2, 0.25) is 0 Å². The molecule has 0 atom stereocenters.